The smallest absolute Gasteiger partial charge is 0.352 e. The second-order valence-corrected chi connectivity index (χ2v) is 11.1. The van der Waals surface area contributed by atoms with Gasteiger partial charge < -0.3 is 4.90 Å². The molecule has 4 aromatic carbocycles. The third kappa shape index (κ3) is 3.52. The Bertz CT molecular complexity index is 1770. The standard InChI is InChI=1S/C35H24F3NO3/c1-20-11-12-21-15-18-28-34(32(41)25-9-5-6-10-26(25)33(34)42)29(22-13-16-24(17-14-22)35(36,37)38)30(39(28)27(21)19-20)31(40)23-7-3-2-4-8-23/h2-19,28-30H,1H3. The summed E-state index contributed by atoms with van der Waals surface area (Å²) in [5, 5.41) is 0. The summed E-state index contributed by atoms with van der Waals surface area (Å²) >= 11 is 0. The number of hydrogen-bond donors (Lipinski definition) is 0. The van der Waals surface area contributed by atoms with Crippen molar-refractivity contribution < 1.29 is 27.6 Å². The molecular formula is C35H24F3NO3. The van der Waals surface area contributed by atoms with Crippen molar-refractivity contribution in [3.8, 4) is 0 Å². The van der Waals surface area contributed by atoms with Gasteiger partial charge in [0.15, 0.2) is 17.3 Å². The van der Waals surface area contributed by atoms with Gasteiger partial charge in [-0.05, 0) is 41.8 Å². The topological polar surface area (TPSA) is 54.5 Å². The van der Waals surface area contributed by atoms with Crippen LogP contribution in [0.5, 0.6) is 0 Å². The van der Waals surface area contributed by atoms with Crippen LogP contribution in [0.15, 0.2) is 103 Å². The molecule has 42 heavy (non-hydrogen) atoms. The molecule has 4 aromatic rings. The Morgan fingerprint density at radius 2 is 1.43 bits per heavy atom. The van der Waals surface area contributed by atoms with E-state index >= 15 is 0 Å². The third-order valence-electron chi connectivity index (χ3n) is 8.89. The van der Waals surface area contributed by atoms with Gasteiger partial charge in [0, 0.05) is 28.3 Å². The fourth-order valence-electron chi connectivity index (χ4n) is 7.10. The van der Waals surface area contributed by atoms with Crippen molar-refractivity contribution in [2.45, 2.75) is 31.1 Å². The van der Waals surface area contributed by atoms with Gasteiger partial charge in [0.05, 0.1) is 11.6 Å². The van der Waals surface area contributed by atoms with Crippen LogP contribution >= 0.6 is 0 Å². The average Bonchev–Trinajstić information content (AvgIpc) is 3.43. The van der Waals surface area contributed by atoms with Crippen LogP contribution in [0.2, 0.25) is 0 Å². The summed E-state index contributed by atoms with van der Waals surface area (Å²) in [5.41, 5.74) is 1.05. The second kappa shape index (κ2) is 9.11. The molecule has 3 unspecified atom stereocenters. The van der Waals surface area contributed by atoms with Gasteiger partial charge in [-0.25, -0.2) is 0 Å². The first kappa shape index (κ1) is 26.1. The Morgan fingerprint density at radius 3 is 2.05 bits per heavy atom. The minimum Gasteiger partial charge on any atom is -0.352 e. The van der Waals surface area contributed by atoms with Crippen molar-refractivity contribution in [1.82, 2.24) is 0 Å². The number of anilines is 1. The Hall–Kier alpha value is -4.78. The Balaban J connectivity index is 1.54. The molecule has 3 atom stereocenters. The SMILES string of the molecule is Cc1ccc2c(c1)N1C(C(=O)c3ccccc3)C(c3ccc(C(F)(F)F)cc3)C3(C(=O)c4ccccc4C3=O)C1C=C2. The average molecular weight is 564 g/mol. The van der Waals surface area contributed by atoms with Crippen molar-refractivity contribution in [2.24, 2.45) is 5.41 Å². The summed E-state index contributed by atoms with van der Waals surface area (Å²) in [4.78, 5) is 45.6. The molecule has 0 N–H and O–H groups in total. The summed E-state index contributed by atoms with van der Waals surface area (Å²) in [6.07, 6.45) is -0.911. The molecule has 0 bridgehead atoms. The zero-order chi connectivity index (χ0) is 29.4. The molecule has 0 saturated carbocycles. The molecule has 4 nitrogen and oxygen atoms in total. The van der Waals surface area contributed by atoms with Crippen molar-refractivity contribution in [2.75, 3.05) is 4.90 Å². The Morgan fingerprint density at radius 1 is 0.810 bits per heavy atom. The van der Waals surface area contributed by atoms with E-state index in [0.29, 0.717) is 16.8 Å². The highest BCUT2D eigenvalue weighted by Gasteiger charge is 2.71. The monoisotopic (exact) mass is 563 g/mol. The summed E-state index contributed by atoms with van der Waals surface area (Å²) in [7, 11) is 0. The number of carbonyl (C=O) groups excluding carboxylic acids is 3. The summed E-state index contributed by atoms with van der Waals surface area (Å²) in [6, 6.07) is 23.6. The first-order valence-electron chi connectivity index (χ1n) is 13.7. The minimum absolute atomic E-state index is 0.260. The van der Waals surface area contributed by atoms with E-state index in [2.05, 4.69) is 0 Å². The van der Waals surface area contributed by atoms with Crippen molar-refractivity contribution in [3.05, 3.63) is 142 Å². The molecule has 0 aromatic heterocycles. The largest absolute Gasteiger partial charge is 0.416 e. The van der Waals surface area contributed by atoms with Gasteiger partial charge in [-0.2, -0.15) is 13.2 Å². The van der Waals surface area contributed by atoms with Crippen molar-refractivity contribution in [3.63, 3.8) is 0 Å². The van der Waals surface area contributed by atoms with Crippen LogP contribution < -0.4 is 4.90 Å². The number of nitrogens with zero attached hydrogens (tertiary/aromatic N) is 1. The van der Waals surface area contributed by atoms with Gasteiger partial charge in [0.25, 0.3) is 0 Å². The lowest BCUT2D eigenvalue weighted by Crippen LogP contribution is -2.48. The maximum atomic E-state index is 14.6. The normalized spacial score (nSPS) is 21.8. The van der Waals surface area contributed by atoms with Gasteiger partial charge in [-0.15, -0.1) is 0 Å². The number of benzene rings is 4. The lowest BCUT2D eigenvalue weighted by molar-refractivity contribution is -0.137. The number of Topliss-reactive ketones (excluding diaryl/α,β-unsaturated/α-hetero) is 3. The third-order valence-corrected chi connectivity index (χ3v) is 8.89. The van der Waals surface area contributed by atoms with Gasteiger partial charge in [0.1, 0.15) is 11.5 Å². The Labute approximate surface area is 240 Å². The van der Waals surface area contributed by atoms with E-state index in [9.17, 15) is 27.6 Å². The van der Waals surface area contributed by atoms with Crippen LogP contribution in [-0.2, 0) is 6.18 Å². The number of fused-ring (bicyclic) bond motifs is 5. The van der Waals surface area contributed by atoms with Crippen LogP contribution in [0.3, 0.4) is 0 Å². The fourth-order valence-corrected chi connectivity index (χ4v) is 7.10. The lowest BCUT2D eigenvalue weighted by atomic mass is 9.64. The predicted molar refractivity (Wildman–Crippen MR) is 153 cm³/mol. The fraction of sp³-hybridized carbons (Fsp3) is 0.171. The summed E-state index contributed by atoms with van der Waals surface area (Å²) in [6.45, 7) is 1.92. The van der Waals surface area contributed by atoms with Crippen LogP contribution in [-0.4, -0.2) is 29.4 Å². The highest BCUT2D eigenvalue weighted by Crippen LogP contribution is 2.61. The van der Waals surface area contributed by atoms with Crippen molar-refractivity contribution in [1.29, 1.82) is 0 Å². The number of hydrogen-bond acceptors (Lipinski definition) is 4. The van der Waals surface area contributed by atoms with Crippen LogP contribution in [0.4, 0.5) is 18.9 Å². The number of aryl methyl sites for hydroxylation is 1. The van der Waals surface area contributed by atoms with Crippen LogP contribution in [0.25, 0.3) is 6.08 Å². The van der Waals surface area contributed by atoms with Crippen molar-refractivity contribution >= 4 is 29.1 Å². The second-order valence-electron chi connectivity index (χ2n) is 11.1. The molecular weight excluding hydrogens is 539 g/mol. The van der Waals surface area contributed by atoms with Crippen LogP contribution in [0.1, 0.15) is 59.2 Å². The van der Waals surface area contributed by atoms with E-state index in [-0.39, 0.29) is 16.9 Å². The molecule has 3 aliphatic rings. The van der Waals surface area contributed by atoms with E-state index in [1.807, 2.05) is 36.1 Å². The van der Waals surface area contributed by atoms with Gasteiger partial charge in [0.2, 0.25) is 0 Å². The number of rotatable bonds is 3. The van der Waals surface area contributed by atoms with Gasteiger partial charge in [-0.1, -0.05) is 91.0 Å². The molecule has 208 valence electrons. The molecule has 0 radical (unpaired) electrons. The quantitative estimate of drug-likeness (QED) is 0.194. The van der Waals surface area contributed by atoms with Gasteiger partial charge in [-0.3, -0.25) is 14.4 Å². The lowest BCUT2D eigenvalue weighted by Gasteiger charge is -2.37. The predicted octanol–water partition coefficient (Wildman–Crippen LogP) is 7.33. The number of halogens is 3. The van der Waals surface area contributed by atoms with E-state index in [0.717, 1.165) is 23.3 Å². The summed E-state index contributed by atoms with van der Waals surface area (Å²) in [5.74, 6) is -2.23. The highest BCUT2D eigenvalue weighted by atomic mass is 19.4. The van der Waals surface area contributed by atoms with E-state index in [1.165, 1.54) is 12.1 Å². The number of carbonyl (C=O) groups is 3. The molecule has 1 saturated heterocycles. The van der Waals surface area contributed by atoms with Crippen LogP contribution in [0, 0.1) is 12.3 Å². The molecule has 2 aliphatic heterocycles. The molecule has 1 aliphatic carbocycles. The molecule has 1 fully saturated rings. The maximum absolute atomic E-state index is 14.6. The summed E-state index contributed by atoms with van der Waals surface area (Å²) < 4.78 is 40.8. The molecule has 7 heteroatoms. The minimum atomic E-state index is -4.57. The first-order chi connectivity index (χ1) is 20.1. The molecule has 2 heterocycles. The maximum Gasteiger partial charge on any atom is 0.416 e. The van der Waals surface area contributed by atoms with Gasteiger partial charge >= 0.3 is 6.18 Å². The Kier molecular flexibility index (Phi) is 5.67. The molecule has 0 amide bonds. The van der Waals surface area contributed by atoms with E-state index in [4.69, 9.17) is 0 Å². The first-order valence-corrected chi connectivity index (χ1v) is 13.7. The number of ketones is 3. The molecule has 7 rings (SSSR count). The number of alkyl halides is 3. The zero-order valence-corrected chi connectivity index (χ0v) is 22.4. The highest BCUT2D eigenvalue weighted by molar-refractivity contribution is 6.32. The van der Waals surface area contributed by atoms with E-state index < -0.39 is 46.7 Å². The molecule has 1 spiro atoms. The van der Waals surface area contributed by atoms with E-state index in [1.54, 1.807) is 60.7 Å². The zero-order valence-electron chi connectivity index (χ0n) is 22.4.